The molecule has 0 aliphatic heterocycles. The fourth-order valence-electron chi connectivity index (χ4n) is 2.40. The molecule has 3 nitrogen and oxygen atoms in total. The van der Waals surface area contributed by atoms with Gasteiger partial charge < -0.3 is 11.1 Å². The lowest BCUT2D eigenvalue weighted by atomic mass is 9.91. The van der Waals surface area contributed by atoms with Crippen LogP contribution in [-0.4, -0.2) is 18.0 Å². The minimum absolute atomic E-state index is 0.167. The van der Waals surface area contributed by atoms with Crippen LogP contribution < -0.4 is 11.1 Å². The van der Waals surface area contributed by atoms with E-state index in [9.17, 15) is 9.18 Å². The number of rotatable bonds is 2. The van der Waals surface area contributed by atoms with Crippen molar-refractivity contribution >= 4 is 5.91 Å². The van der Waals surface area contributed by atoms with Gasteiger partial charge in [-0.25, -0.2) is 4.39 Å². The molecule has 1 aliphatic carbocycles. The third-order valence-corrected chi connectivity index (χ3v) is 3.41. The number of hydrogen-bond acceptors (Lipinski definition) is 2. The largest absolute Gasteiger partial charge is 0.349 e. The number of hydrogen-bond donors (Lipinski definition) is 2. The highest BCUT2D eigenvalue weighted by Gasteiger charge is 2.20. The third kappa shape index (κ3) is 3.29. The van der Waals surface area contributed by atoms with Gasteiger partial charge in [0.1, 0.15) is 5.82 Å². The van der Waals surface area contributed by atoms with E-state index in [2.05, 4.69) is 5.32 Å². The second kappa shape index (κ2) is 5.48. The summed E-state index contributed by atoms with van der Waals surface area (Å²) in [4.78, 5) is 12.0. The van der Waals surface area contributed by atoms with Gasteiger partial charge in [-0.05, 0) is 56.4 Å². The molecule has 0 saturated heterocycles. The van der Waals surface area contributed by atoms with Gasteiger partial charge in [0, 0.05) is 17.6 Å². The topological polar surface area (TPSA) is 55.1 Å². The summed E-state index contributed by atoms with van der Waals surface area (Å²) in [5.74, 6) is -0.566. The first kappa shape index (κ1) is 13.0. The lowest BCUT2D eigenvalue weighted by Crippen LogP contribution is -2.40. The van der Waals surface area contributed by atoms with Gasteiger partial charge in [-0.15, -0.1) is 0 Å². The number of nitrogens with two attached hydrogens (primary N) is 1. The zero-order valence-electron chi connectivity index (χ0n) is 10.6. The lowest BCUT2D eigenvalue weighted by molar-refractivity contribution is 0.0925. The van der Waals surface area contributed by atoms with Crippen LogP contribution in [0.25, 0.3) is 0 Å². The van der Waals surface area contributed by atoms with Crippen molar-refractivity contribution in [2.45, 2.75) is 44.7 Å². The van der Waals surface area contributed by atoms with Crippen molar-refractivity contribution in [1.29, 1.82) is 0 Å². The van der Waals surface area contributed by atoms with E-state index < -0.39 is 0 Å². The first-order chi connectivity index (χ1) is 8.54. The van der Waals surface area contributed by atoms with E-state index in [-0.39, 0.29) is 23.8 Å². The van der Waals surface area contributed by atoms with E-state index in [1.165, 1.54) is 12.1 Å². The molecule has 3 N–H and O–H groups in total. The van der Waals surface area contributed by atoms with Crippen molar-refractivity contribution in [3.8, 4) is 0 Å². The molecule has 1 saturated carbocycles. The summed E-state index contributed by atoms with van der Waals surface area (Å²) in [6, 6.07) is 4.82. The molecule has 18 heavy (non-hydrogen) atoms. The molecule has 1 aliphatic rings. The molecule has 0 bridgehead atoms. The van der Waals surface area contributed by atoms with Crippen LogP contribution in [0.4, 0.5) is 4.39 Å². The van der Waals surface area contributed by atoms with Gasteiger partial charge in [0.15, 0.2) is 0 Å². The van der Waals surface area contributed by atoms with E-state index >= 15 is 0 Å². The van der Waals surface area contributed by atoms with Gasteiger partial charge in [0.05, 0.1) is 0 Å². The van der Waals surface area contributed by atoms with Gasteiger partial charge in [-0.3, -0.25) is 4.79 Å². The molecular weight excluding hydrogens is 231 g/mol. The van der Waals surface area contributed by atoms with Gasteiger partial charge in [-0.1, -0.05) is 0 Å². The van der Waals surface area contributed by atoms with Crippen molar-refractivity contribution < 1.29 is 9.18 Å². The Morgan fingerprint density at radius 3 is 2.56 bits per heavy atom. The Bertz CT molecular complexity index is 419. The van der Waals surface area contributed by atoms with Crippen LogP contribution in [0.1, 0.15) is 41.6 Å². The standard InChI is InChI=1S/C14H19FN2O/c1-9-6-10(8-11(15)7-9)14(18)17-13-4-2-12(16)3-5-13/h6-8,12-13H,2-5,16H2,1H3,(H,17,18). The molecule has 4 heteroatoms. The molecular formula is C14H19FN2O. The Hall–Kier alpha value is -1.42. The Labute approximate surface area is 107 Å². The molecule has 0 radical (unpaired) electrons. The molecule has 0 spiro atoms. The maximum absolute atomic E-state index is 13.2. The van der Waals surface area contributed by atoms with E-state index in [4.69, 9.17) is 5.73 Å². The van der Waals surface area contributed by atoms with Crippen LogP contribution >= 0.6 is 0 Å². The summed E-state index contributed by atoms with van der Waals surface area (Å²) in [6.07, 6.45) is 3.68. The maximum Gasteiger partial charge on any atom is 0.251 e. The van der Waals surface area contributed by atoms with Crippen molar-refractivity contribution in [2.75, 3.05) is 0 Å². The maximum atomic E-state index is 13.2. The van der Waals surface area contributed by atoms with E-state index in [0.717, 1.165) is 31.2 Å². The third-order valence-electron chi connectivity index (χ3n) is 3.41. The van der Waals surface area contributed by atoms with Crippen LogP contribution in [0.3, 0.4) is 0 Å². The molecule has 1 fully saturated rings. The summed E-state index contributed by atoms with van der Waals surface area (Å²) in [5, 5.41) is 2.95. The number of halogens is 1. The summed E-state index contributed by atoms with van der Waals surface area (Å²) in [6.45, 7) is 1.78. The highest BCUT2D eigenvalue weighted by atomic mass is 19.1. The van der Waals surface area contributed by atoms with Crippen LogP contribution in [0.15, 0.2) is 18.2 Å². The highest BCUT2D eigenvalue weighted by molar-refractivity contribution is 5.94. The van der Waals surface area contributed by atoms with Crippen molar-refractivity contribution in [2.24, 2.45) is 5.73 Å². The quantitative estimate of drug-likeness (QED) is 0.845. The number of amides is 1. The van der Waals surface area contributed by atoms with Gasteiger partial charge in [-0.2, -0.15) is 0 Å². The Kier molecular flexibility index (Phi) is 3.97. The van der Waals surface area contributed by atoms with Gasteiger partial charge in [0.2, 0.25) is 0 Å². The summed E-state index contributed by atoms with van der Waals surface area (Å²) >= 11 is 0. The summed E-state index contributed by atoms with van der Waals surface area (Å²) in [5.41, 5.74) is 6.96. The average Bonchev–Trinajstić information content (AvgIpc) is 2.31. The van der Waals surface area contributed by atoms with Crippen molar-refractivity contribution in [3.05, 3.63) is 35.1 Å². The number of carbonyl (C=O) groups excluding carboxylic acids is 1. The highest BCUT2D eigenvalue weighted by Crippen LogP contribution is 2.17. The number of aryl methyl sites for hydroxylation is 1. The molecule has 0 aromatic heterocycles. The molecule has 1 aromatic rings. The van der Waals surface area contributed by atoms with Crippen molar-refractivity contribution in [1.82, 2.24) is 5.32 Å². The molecule has 2 rings (SSSR count). The van der Waals surface area contributed by atoms with Crippen LogP contribution in [0.5, 0.6) is 0 Å². The van der Waals surface area contributed by atoms with Gasteiger partial charge >= 0.3 is 0 Å². The normalized spacial score (nSPS) is 23.7. The van der Waals surface area contributed by atoms with Crippen LogP contribution in [-0.2, 0) is 0 Å². The predicted molar refractivity (Wildman–Crippen MR) is 68.8 cm³/mol. The minimum atomic E-state index is -0.370. The fourth-order valence-corrected chi connectivity index (χ4v) is 2.40. The fraction of sp³-hybridized carbons (Fsp3) is 0.500. The zero-order chi connectivity index (χ0) is 13.1. The smallest absolute Gasteiger partial charge is 0.251 e. The molecule has 1 aromatic carbocycles. The van der Waals surface area contributed by atoms with Gasteiger partial charge in [0.25, 0.3) is 5.91 Å². The molecule has 1 amide bonds. The Morgan fingerprint density at radius 1 is 1.28 bits per heavy atom. The van der Waals surface area contributed by atoms with Crippen molar-refractivity contribution in [3.63, 3.8) is 0 Å². The number of benzene rings is 1. The monoisotopic (exact) mass is 250 g/mol. The van der Waals surface area contributed by atoms with Crippen LogP contribution in [0, 0.1) is 12.7 Å². The Morgan fingerprint density at radius 2 is 1.94 bits per heavy atom. The first-order valence-corrected chi connectivity index (χ1v) is 6.38. The second-order valence-corrected chi connectivity index (χ2v) is 5.10. The Balaban J connectivity index is 1.99. The molecule has 0 heterocycles. The minimum Gasteiger partial charge on any atom is -0.349 e. The first-order valence-electron chi connectivity index (χ1n) is 6.38. The average molecular weight is 250 g/mol. The SMILES string of the molecule is Cc1cc(F)cc(C(=O)NC2CCC(N)CC2)c1. The van der Waals surface area contributed by atoms with E-state index in [1.807, 2.05) is 0 Å². The number of nitrogens with one attached hydrogen (secondary N) is 1. The number of carbonyl (C=O) groups is 1. The predicted octanol–water partition coefficient (Wildman–Crippen LogP) is 2.13. The molecule has 0 atom stereocenters. The molecule has 98 valence electrons. The zero-order valence-corrected chi connectivity index (χ0v) is 10.6. The second-order valence-electron chi connectivity index (χ2n) is 5.10. The summed E-state index contributed by atoms with van der Waals surface area (Å²) in [7, 11) is 0. The lowest BCUT2D eigenvalue weighted by Gasteiger charge is -2.26. The van der Waals surface area contributed by atoms with E-state index in [1.54, 1.807) is 13.0 Å². The molecule has 0 unspecified atom stereocenters. The van der Waals surface area contributed by atoms with Crippen LogP contribution in [0.2, 0.25) is 0 Å². The summed E-state index contributed by atoms with van der Waals surface area (Å²) < 4.78 is 13.2. The van der Waals surface area contributed by atoms with E-state index in [0.29, 0.717) is 5.56 Å².